The molecule has 0 aromatic heterocycles. The molecule has 0 fully saturated rings. The molecule has 0 aliphatic heterocycles. The van der Waals surface area contributed by atoms with Crippen LogP contribution in [0.5, 0.6) is 5.75 Å². The van der Waals surface area contributed by atoms with E-state index in [4.69, 9.17) is 17.3 Å². The van der Waals surface area contributed by atoms with Crippen LogP contribution in [0.1, 0.15) is 15.9 Å². The van der Waals surface area contributed by atoms with Gasteiger partial charge in [0.25, 0.3) is 5.91 Å². The minimum Gasteiger partial charge on any atom is -0.505 e. The van der Waals surface area contributed by atoms with Gasteiger partial charge in [0.05, 0.1) is 11.3 Å². The number of phenolic OH excluding ortho intramolecular Hbond substituents is 1. The van der Waals surface area contributed by atoms with Gasteiger partial charge in [-0.15, -0.1) is 0 Å². The molecule has 0 heterocycles. The first kappa shape index (κ1) is 14.2. The van der Waals surface area contributed by atoms with E-state index in [0.717, 1.165) is 5.56 Å². The molecule has 2 aromatic rings. The number of nitrogen functional groups attached to an aromatic ring is 1. The van der Waals surface area contributed by atoms with Crippen LogP contribution >= 0.6 is 11.6 Å². The summed E-state index contributed by atoms with van der Waals surface area (Å²) >= 11 is 5.89. The highest BCUT2D eigenvalue weighted by atomic mass is 35.5. The van der Waals surface area contributed by atoms with Crippen molar-refractivity contribution in [1.29, 1.82) is 0 Å². The Morgan fingerprint density at radius 3 is 2.75 bits per heavy atom. The third-order valence-corrected chi connectivity index (χ3v) is 3.14. The molecule has 104 valence electrons. The molecule has 0 unspecified atom stereocenters. The number of phenols is 1. The van der Waals surface area contributed by atoms with Crippen molar-refractivity contribution >= 4 is 23.2 Å². The van der Waals surface area contributed by atoms with Crippen LogP contribution in [0.25, 0.3) is 0 Å². The van der Waals surface area contributed by atoms with Crippen molar-refractivity contribution in [2.75, 3.05) is 12.3 Å². The maximum Gasteiger partial charge on any atom is 0.255 e. The summed E-state index contributed by atoms with van der Waals surface area (Å²) in [6.45, 7) is 0.452. The molecular weight excluding hydrogens is 276 g/mol. The molecule has 1 amide bonds. The van der Waals surface area contributed by atoms with Crippen LogP contribution in [0.3, 0.4) is 0 Å². The Hall–Kier alpha value is -2.20. The number of rotatable bonds is 4. The summed E-state index contributed by atoms with van der Waals surface area (Å²) in [5.41, 5.74) is 6.95. The van der Waals surface area contributed by atoms with Crippen molar-refractivity contribution in [2.45, 2.75) is 6.42 Å². The lowest BCUT2D eigenvalue weighted by Crippen LogP contribution is -2.25. The highest BCUT2D eigenvalue weighted by molar-refractivity contribution is 6.30. The molecule has 4 nitrogen and oxygen atoms in total. The summed E-state index contributed by atoms with van der Waals surface area (Å²) in [6, 6.07) is 12.2. The maximum absolute atomic E-state index is 11.9. The predicted molar refractivity (Wildman–Crippen MR) is 80.0 cm³/mol. The molecule has 0 aliphatic carbocycles. The Morgan fingerprint density at radius 2 is 2.00 bits per heavy atom. The first-order chi connectivity index (χ1) is 9.58. The van der Waals surface area contributed by atoms with Crippen LogP contribution < -0.4 is 11.1 Å². The number of aromatic hydroxyl groups is 1. The van der Waals surface area contributed by atoms with Gasteiger partial charge in [0.2, 0.25) is 0 Å². The molecule has 4 N–H and O–H groups in total. The number of anilines is 1. The molecule has 0 aliphatic rings. The number of carbonyl (C=O) groups excluding carboxylic acids is 1. The number of halogens is 1. The van der Waals surface area contributed by atoms with Crippen molar-refractivity contribution in [3.63, 3.8) is 0 Å². The fourth-order valence-corrected chi connectivity index (χ4v) is 2.07. The van der Waals surface area contributed by atoms with Crippen LogP contribution in [0, 0.1) is 0 Å². The fraction of sp³-hybridized carbons (Fsp3) is 0.133. The number of para-hydroxylation sites is 1. The van der Waals surface area contributed by atoms with E-state index in [2.05, 4.69) is 5.32 Å². The van der Waals surface area contributed by atoms with E-state index in [0.29, 0.717) is 18.0 Å². The molecule has 0 bridgehead atoms. The molecule has 0 spiro atoms. The second-order valence-corrected chi connectivity index (χ2v) is 4.82. The summed E-state index contributed by atoms with van der Waals surface area (Å²) in [5, 5.41) is 13.1. The van der Waals surface area contributed by atoms with E-state index in [-0.39, 0.29) is 22.9 Å². The topological polar surface area (TPSA) is 75.4 Å². The molecule has 0 saturated carbocycles. The van der Waals surface area contributed by atoms with Crippen LogP contribution in [0.15, 0.2) is 42.5 Å². The van der Waals surface area contributed by atoms with Crippen LogP contribution in [0.2, 0.25) is 5.02 Å². The van der Waals surface area contributed by atoms with E-state index in [1.54, 1.807) is 12.1 Å². The quantitative estimate of drug-likeness (QED) is 0.598. The lowest BCUT2D eigenvalue weighted by molar-refractivity contribution is 0.0951. The fourth-order valence-electron chi connectivity index (χ4n) is 1.85. The van der Waals surface area contributed by atoms with Gasteiger partial charge in [-0.2, -0.15) is 0 Å². The smallest absolute Gasteiger partial charge is 0.255 e. The number of carbonyl (C=O) groups is 1. The molecule has 5 heteroatoms. The monoisotopic (exact) mass is 290 g/mol. The zero-order valence-corrected chi connectivity index (χ0v) is 11.5. The van der Waals surface area contributed by atoms with Crippen molar-refractivity contribution in [1.82, 2.24) is 5.32 Å². The zero-order chi connectivity index (χ0) is 14.5. The number of nitrogens with one attached hydrogen (secondary N) is 1. The second kappa shape index (κ2) is 6.30. The van der Waals surface area contributed by atoms with Gasteiger partial charge in [0.15, 0.2) is 5.75 Å². The van der Waals surface area contributed by atoms with Gasteiger partial charge in [-0.3, -0.25) is 4.79 Å². The van der Waals surface area contributed by atoms with Gasteiger partial charge in [-0.25, -0.2) is 0 Å². The number of nitrogens with two attached hydrogens (primary N) is 1. The summed E-state index contributed by atoms with van der Waals surface area (Å²) in [4.78, 5) is 11.9. The molecule has 20 heavy (non-hydrogen) atoms. The maximum atomic E-state index is 11.9. The lowest BCUT2D eigenvalue weighted by Gasteiger charge is -2.08. The molecule has 2 rings (SSSR count). The van der Waals surface area contributed by atoms with Crippen LogP contribution in [-0.4, -0.2) is 17.6 Å². The molecule has 0 atom stereocenters. The highest BCUT2D eigenvalue weighted by Crippen LogP contribution is 2.24. The highest BCUT2D eigenvalue weighted by Gasteiger charge is 2.12. The Balaban J connectivity index is 1.94. The van der Waals surface area contributed by atoms with Gasteiger partial charge in [-0.05, 0) is 36.2 Å². The number of hydrogen-bond acceptors (Lipinski definition) is 3. The van der Waals surface area contributed by atoms with Gasteiger partial charge in [-0.1, -0.05) is 29.8 Å². The van der Waals surface area contributed by atoms with Gasteiger partial charge in [0, 0.05) is 11.6 Å². The first-order valence-electron chi connectivity index (χ1n) is 6.18. The van der Waals surface area contributed by atoms with E-state index >= 15 is 0 Å². The Labute approximate surface area is 122 Å². The van der Waals surface area contributed by atoms with Crippen LogP contribution in [0.4, 0.5) is 5.69 Å². The number of benzene rings is 2. The lowest BCUT2D eigenvalue weighted by atomic mass is 10.1. The second-order valence-electron chi connectivity index (χ2n) is 4.38. The summed E-state index contributed by atoms with van der Waals surface area (Å²) < 4.78 is 0. The van der Waals surface area contributed by atoms with Gasteiger partial charge < -0.3 is 16.2 Å². The summed E-state index contributed by atoms with van der Waals surface area (Å²) in [6.07, 6.45) is 0.662. The van der Waals surface area contributed by atoms with E-state index < -0.39 is 0 Å². The Bertz CT molecular complexity index is 629. The minimum atomic E-state index is -0.350. The largest absolute Gasteiger partial charge is 0.505 e. The standard InChI is InChI=1S/C15H15ClN2O2/c16-11-4-1-3-10(9-11)7-8-18-15(20)12-5-2-6-13(17)14(12)19/h1-6,9,19H,7-8,17H2,(H,18,20). The molecule has 0 radical (unpaired) electrons. The van der Waals surface area contributed by atoms with Crippen molar-refractivity contribution < 1.29 is 9.90 Å². The summed E-state index contributed by atoms with van der Waals surface area (Å²) in [7, 11) is 0. The Morgan fingerprint density at radius 1 is 1.25 bits per heavy atom. The Kier molecular flexibility index (Phi) is 4.48. The number of hydrogen-bond donors (Lipinski definition) is 3. The zero-order valence-electron chi connectivity index (χ0n) is 10.8. The van der Waals surface area contributed by atoms with Crippen LogP contribution in [-0.2, 0) is 6.42 Å². The third kappa shape index (κ3) is 3.42. The molecule has 2 aromatic carbocycles. The average Bonchev–Trinajstić information content (AvgIpc) is 2.42. The van der Waals surface area contributed by atoms with Crippen molar-refractivity contribution in [3.05, 3.63) is 58.6 Å². The van der Waals surface area contributed by atoms with E-state index in [1.165, 1.54) is 12.1 Å². The van der Waals surface area contributed by atoms with Gasteiger partial charge >= 0.3 is 0 Å². The molecular formula is C15H15ClN2O2. The van der Waals surface area contributed by atoms with E-state index in [1.807, 2.05) is 18.2 Å². The van der Waals surface area contributed by atoms with E-state index in [9.17, 15) is 9.90 Å². The average molecular weight is 291 g/mol. The molecule has 0 saturated heterocycles. The van der Waals surface area contributed by atoms with Crippen molar-refractivity contribution in [2.24, 2.45) is 0 Å². The predicted octanol–water partition coefficient (Wildman–Crippen LogP) is 2.60. The minimum absolute atomic E-state index is 0.177. The SMILES string of the molecule is Nc1cccc(C(=O)NCCc2cccc(Cl)c2)c1O. The summed E-state index contributed by atoms with van der Waals surface area (Å²) in [5.74, 6) is -0.537. The number of amides is 1. The normalized spacial score (nSPS) is 10.2. The third-order valence-electron chi connectivity index (χ3n) is 2.90. The first-order valence-corrected chi connectivity index (χ1v) is 6.56. The van der Waals surface area contributed by atoms with Crippen molar-refractivity contribution in [3.8, 4) is 5.75 Å². The van der Waals surface area contributed by atoms with Gasteiger partial charge in [0.1, 0.15) is 0 Å².